The molecule has 1 heterocycles. The van der Waals surface area contributed by atoms with Gasteiger partial charge in [0.15, 0.2) is 0 Å². The van der Waals surface area contributed by atoms with Crippen molar-refractivity contribution in [3.05, 3.63) is 58.9 Å². The minimum absolute atomic E-state index is 0.396. The summed E-state index contributed by atoms with van der Waals surface area (Å²) in [7, 11) is 0. The van der Waals surface area contributed by atoms with Crippen molar-refractivity contribution in [2.75, 3.05) is 6.54 Å². The molecule has 2 nitrogen and oxygen atoms in total. The van der Waals surface area contributed by atoms with E-state index in [4.69, 9.17) is 11.6 Å². The lowest BCUT2D eigenvalue weighted by Gasteiger charge is -2.11. The van der Waals surface area contributed by atoms with Crippen LogP contribution in [0.25, 0.3) is 0 Å². The number of hydrogen-bond acceptors (Lipinski definition) is 1. The van der Waals surface area contributed by atoms with Gasteiger partial charge in [0.1, 0.15) is 0 Å². The molecule has 1 aromatic carbocycles. The molecule has 102 valence electrons. The normalized spacial score (nSPS) is 12.6. The Morgan fingerprint density at radius 1 is 1.26 bits per heavy atom. The molecule has 1 unspecified atom stereocenters. The number of benzene rings is 1. The van der Waals surface area contributed by atoms with E-state index in [1.165, 1.54) is 5.56 Å². The molecule has 0 saturated carbocycles. The van der Waals surface area contributed by atoms with Gasteiger partial charge in [-0.05, 0) is 43.1 Å². The monoisotopic (exact) mass is 276 g/mol. The van der Waals surface area contributed by atoms with Crippen LogP contribution >= 0.6 is 11.6 Å². The van der Waals surface area contributed by atoms with Crippen molar-refractivity contribution in [1.82, 2.24) is 9.88 Å². The molecule has 0 bridgehead atoms. The van der Waals surface area contributed by atoms with Crippen molar-refractivity contribution in [3.8, 4) is 0 Å². The largest absolute Gasteiger partial charge is 0.350 e. The number of rotatable bonds is 6. The first-order valence-electron chi connectivity index (χ1n) is 6.83. The van der Waals surface area contributed by atoms with Gasteiger partial charge in [0, 0.05) is 30.0 Å². The number of nitrogens with one attached hydrogen (secondary N) is 1. The molecular formula is C16H21ClN2. The maximum absolute atomic E-state index is 6.19. The van der Waals surface area contributed by atoms with Crippen molar-refractivity contribution < 1.29 is 0 Å². The van der Waals surface area contributed by atoms with Gasteiger partial charge in [-0.2, -0.15) is 0 Å². The predicted molar refractivity (Wildman–Crippen MR) is 81.7 cm³/mol. The first-order valence-corrected chi connectivity index (χ1v) is 7.21. The number of halogens is 1. The minimum atomic E-state index is 0.396. The molecule has 0 fully saturated rings. The summed E-state index contributed by atoms with van der Waals surface area (Å²) >= 11 is 6.19. The smallest absolute Gasteiger partial charge is 0.0485 e. The van der Waals surface area contributed by atoms with Gasteiger partial charge in [0.25, 0.3) is 0 Å². The van der Waals surface area contributed by atoms with Crippen LogP contribution in [0.2, 0.25) is 5.02 Å². The molecule has 0 aliphatic carbocycles. The van der Waals surface area contributed by atoms with Gasteiger partial charge >= 0.3 is 0 Å². The fourth-order valence-electron chi connectivity index (χ4n) is 2.12. The molecule has 0 aliphatic heterocycles. The lowest BCUT2D eigenvalue weighted by molar-refractivity contribution is 0.569. The van der Waals surface area contributed by atoms with Crippen LogP contribution in [0.4, 0.5) is 0 Å². The summed E-state index contributed by atoms with van der Waals surface area (Å²) in [5.74, 6) is 0. The van der Waals surface area contributed by atoms with Gasteiger partial charge in [-0.25, -0.2) is 0 Å². The molecule has 0 saturated heterocycles. The first-order chi connectivity index (χ1) is 9.20. The van der Waals surface area contributed by atoms with E-state index in [-0.39, 0.29) is 0 Å². The van der Waals surface area contributed by atoms with Gasteiger partial charge in [-0.3, -0.25) is 0 Å². The molecule has 0 radical (unpaired) electrons. The van der Waals surface area contributed by atoms with Gasteiger partial charge in [0.05, 0.1) is 0 Å². The Morgan fingerprint density at radius 3 is 2.79 bits per heavy atom. The minimum Gasteiger partial charge on any atom is -0.350 e. The van der Waals surface area contributed by atoms with Crippen LogP contribution in [-0.4, -0.2) is 11.1 Å². The summed E-state index contributed by atoms with van der Waals surface area (Å²) < 4.78 is 2.18. The number of hydrogen-bond donors (Lipinski definition) is 1. The molecular weight excluding hydrogens is 256 g/mol. The van der Waals surface area contributed by atoms with E-state index < -0.39 is 0 Å². The third-order valence-corrected chi connectivity index (χ3v) is 3.65. The topological polar surface area (TPSA) is 17.0 Å². The van der Waals surface area contributed by atoms with Crippen LogP contribution in [0.3, 0.4) is 0 Å². The fraction of sp³-hybridized carbons (Fsp3) is 0.375. The molecule has 1 atom stereocenters. The molecule has 0 spiro atoms. The van der Waals surface area contributed by atoms with Crippen molar-refractivity contribution in [3.63, 3.8) is 0 Å². The predicted octanol–water partition coefficient (Wildman–Crippen LogP) is 4.25. The molecule has 0 aliphatic rings. The summed E-state index contributed by atoms with van der Waals surface area (Å²) in [4.78, 5) is 0. The van der Waals surface area contributed by atoms with E-state index in [1.54, 1.807) is 0 Å². The summed E-state index contributed by atoms with van der Waals surface area (Å²) in [6.45, 7) is 6.25. The van der Waals surface area contributed by atoms with E-state index in [0.29, 0.717) is 6.04 Å². The van der Waals surface area contributed by atoms with Gasteiger partial charge in [0.2, 0.25) is 0 Å². The molecule has 3 heteroatoms. The summed E-state index contributed by atoms with van der Waals surface area (Å²) in [6.07, 6.45) is 5.46. The molecule has 0 amide bonds. The van der Waals surface area contributed by atoms with E-state index >= 15 is 0 Å². The second-order valence-electron chi connectivity index (χ2n) is 4.88. The van der Waals surface area contributed by atoms with Gasteiger partial charge in [-0.15, -0.1) is 0 Å². The fourth-order valence-corrected chi connectivity index (χ4v) is 2.31. The van der Waals surface area contributed by atoms with Crippen molar-refractivity contribution in [2.24, 2.45) is 0 Å². The van der Waals surface area contributed by atoms with E-state index in [2.05, 4.69) is 48.3 Å². The number of nitrogens with zero attached hydrogens (tertiary/aromatic N) is 1. The molecule has 2 aromatic rings. The van der Waals surface area contributed by atoms with E-state index in [9.17, 15) is 0 Å². The average molecular weight is 277 g/mol. The van der Waals surface area contributed by atoms with Crippen LogP contribution in [0.15, 0.2) is 42.7 Å². The van der Waals surface area contributed by atoms with E-state index in [1.807, 2.05) is 18.2 Å². The highest BCUT2D eigenvalue weighted by Gasteiger charge is 2.06. The van der Waals surface area contributed by atoms with Gasteiger partial charge < -0.3 is 9.88 Å². The van der Waals surface area contributed by atoms with Crippen LogP contribution in [0.5, 0.6) is 0 Å². The van der Waals surface area contributed by atoms with Crippen molar-refractivity contribution in [2.45, 2.75) is 32.9 Å². The average Bonchev–Trinajstić information content (AvgIpc) is 2.87. The zero-order valence-corrected chi connectivity index (χ0v) is 12.3. The Balaban J connectivity index is 2.03. The third kappa shape index (κ3) is 3.85. The maximum atomic E-state index is 6.19. The first kappa shape index (κ1) is 14.2. The van der Waals surface area contributed by atoms with Crippen LogP contribution in [-0.2, 0) is 6.54 Å². The SMILES string of the molecule is CCCNC(C)c1ccn(Cc2ccccc2Cl)c1. The Morgan fingerprint density at radius 2 is 2.05 bits per heavy atom. The maximum Gasteiger partial charge on any atom is 0.0485 e. The Labute approximate surface area is 120 Å². The summed E-state index contributed by atoms with van der Waals surface area (Å²) in [6, 6.07) is 10.6. The quantitative estimate of drug-likeness (QED) is 0.835. The second kappa shape index (κ2) is 6.78. The second-order valence-corrected chi connectivity index (χ2v) is 5.29. The van der Waals surface area contributed by atoms with Crippen LogP contribution in [0.1, 0.15) is 37.4 Å². The Kier molecular flexibility index (Phi) is 5.06. The molecule has 1 aromatic heterocycles. The van der Waals surface area contributed by atoms with Crippen molar-refractivity contribution in [1.29, 1.82) is 0 Å². The van der Waals surface area contributed by atoms with Crippen molar-refractivity contribution >= 4 is 11.6 Å². The lowest BCUT2D eigenvalue weighted by Crippen LogP contribution is -2.18. The molecule has 1 N–H and O–H groups in total. The highest BCUT2D eigenvalue weighted by Crippen LogP contribution is 2.18. The lowest BCUT2D eigenvalue weighted by atomic mass is 10.2. The number of aromatic nitrogens is 1. The summed E-state index contributed by atoms with van der Waals surface area (Å²) in [5.41, 5.74) is 2.47. The zero-order valence-electron chi connectivity index (χ0n) is 11.6. The highest BCUT2D eigenvalue weighted by atomic mass is 35.5. The van der Waals surface area contributed by atoms with Crippen LogP contribution in [0, 0.1) is 0 Å². The summed E-state index contributed by atoms with van der Waals surface area (Å²) in [5, 5.41) is 4.33. The van der Waals surface area contributed by atoms with E-state index in [0.717, 1.165) is 30.1 Å². The Hall–Kier alpha value is -1.25. The highest BCUT2D eigenvalue weighted by molar-refractivity contribution is 6.31. The zero-order chi connectivity index (χ0) is 13.7. The standard InChI is InChI=1S/C16H21ClN2/c1-3-9-18-13(2)14-8-10-19(11-14)12-15-6-4-5-7-16(15)17/h4-8,10-11,13,18H,3,9,12H2,1-2H3. The van der Waals surface area contributed by atoms with Crippen LogP contribution < -0.4 is 5.32 Å². The molecule has 19 heavy (non-hydrogen) atoms. The van der Waals surface area contributed by atoms with Gasteiger partial charge in [-0.1, -0.05) is 36.7 Å². The third-order valence-electron chi connectivity index (χ3n) is 3.28. The Bertz CT molecular complexity index is 519. The molecule has 2 rings (SSSR count).